The highest BCUT2D eigenvalue weighted by atomic mass is 79.9. The largest absolute Gasteiger partial charge is 0.468 e. The zero-order chi connectivity index (χ0) is 11.1. The zero-order valence-corrected chi connectivity index (χ0v) is 10.2. The number of fused-ring (bicyclic) bond motifs is 2. The van der Waals surface area contributed by atoms with Crippen molar-refractivity contribution in [1.82, 2.24) is 5.43 Å². The number of methoxy groups -OCH3 is 1. The quantitative estimate of drug-likeness (QED) is 0.256. The second-order valence-corrected chi connectivity index (χ2v) is 5.65. The minimum absolute atomic E-state index is 0.0694. The Labute approximate surface area is 97.3 Å². The van der Waals surface area contributed by atoms with Gasteiger partial charge in [-0.25, -0.2) is 0 Å². The Morgan fingerprint density at radius 1 is 1.67 bits per heavy atom. The molecular weight excluding hydrogens is 260 g/mol. The first-order valence-electron chi connectivity index (χ1n) is 5.03. The molecule has 0 radical (unpaired) electrons. The predicted molar refractivity (Wildman–Crippen MR) is 60.1 cm³/mol. The maximum absolute atomic E-state index is 11.8. The molecule has 0 spiro atoms. The highest BCUT2D eigenvalue weighted by Gasteiger charge is 2.53. The summed E-state index contributed by atoms with van der Waals surface area (Å²) in [6.07, 6.45) is 6.01. The number of alkyl halides is 1. The standard InChI is InChI=1S/C10H15BrN2O2/c1-15-9(14)10(11)5-6-2-3-7(10)8(4-6)13-12/h2-3,6-8,13H,4-5,12H2,1H3. The Balaban J connectivity index is 2.29. The van der Waals surface area contributed by atoms with Crippen LogP contribution in [-0.4, -0.2) is 23.4 Å². The number of carbonyl (C=O) groups is 1. The highest BCUT2D eigenvalue weighted by molar-refractivity contribution is 9.10. The first-order chi connectivity index (χ1) is 7.11. The molecule has 0 heterocycles. The van der Waals surface area contributed by atoms with Gasteiger partial charge in [0.1, 0.15) is 4.32 Å². The molecule has 4 nitrogen and oxygen atoms in total. The van der Waals surface area contributed by atoms with Gasteiger partial charge in [0.25, 0.3) is 0 Å². The molecule has 5 heteroatoms. The minimum atomic E-state index is -0.601. The van der Waals surface area contributed by atoms with E-state index in [1.54, 1.807) is 0 Å². The first-order valence-corrected chi connectivity index (χ1v) is 5.83. The number of allylic oxidation sites excluding steroid dienone is 1. The Bertz CT molecular complexity index is 308. The van der Waals surface area contributed by atoms with Crippen LogP contribution in [0.5, 0.6) is 0 Å². The van der Waals surface area contributed by atoms with E-state index in [2.05, 4.69) is 33.5 Å². The van der Waals surface area contributed by atoms with Crippen LogP contribution in [0.25, 0.3) is 0 Å². The molecule has 0 aromatic heterocycles. The maximum atomic E-state index is 11.8. The average molecular weight is 275 g/mol. The van der Waals surface area contributed by atoms with Gasteiger partial charge in [-0.1, -0.05) is 28.1 Å². The fraction of sp³-hybridized carbons (Fsp3) is 0.700. The summed E-state index contributed by atoms with van der Waals surface area (Å²) in [6.45, 7) is 0. The third-order valence-corrected chi connectivity index (χ3v) is 4.58. The van der Waals surface area contributed by atoms with Gasteiger partial charge in [0.05, 0.1) is 7.11 Å². The molecule has 2 bridgehead atoms. The van der Waals surface area contributed by atoms with Crippen molar-refractivity contribution in [3.63, 3.8) is 0 Å². The van der Waals surface area contributed by atoms with Crippen molar-refractivity contribution in [3.05, 3.63) is 12.2 Å². The van der Waals surface area contributed by atoms with E-state index in [9.17, 15) is 4.79 Å². The maximum Gasteiger partial charge on any atom is 0.323 e. The van der Waals surface area contributed by atoms with Crippen molar-refractivity contribution in [2.75, 3.05) is 7.11 Å². The lowest BCUT2D eigenvalue weighted by molar-refractivity contribution is -0.146. The number of hydrogen-bond donors (Lipinski definition) is 2. The van der Waals surface area contributed by atoms with Crippen LogP contribution in [0.15, 0.2) is 12.2 Å². The molecule has 1 saturated carbocycles. The molecule has 0 saturated heterocycles. The normalized spacial score (nSPS) is 43.0. The fourth-order valence-electron chi connectivity index (χ4n) is 2.66. The van der Waals surface area contributed by atoms with Gasteiger partial charge in [-0.3, -0.25) is 16.1 Å². The minimum Gasteiger partial charge on any atom is -0.468 e. The van der Waals surface area contributed by atoms with Gasteiger partial charge >= 0.3 is 5.97 Å². The van der Waals surface area contributed by atoms with E-state index in [1.807, 2.05) is 0 Å². The highest BCUT2D eigenvalue weighted by Crippen LogP contribution is 2.48. The number of esters is 1. The number of nitrogens with two attached hydrogens (primary N) is 1. The Morgan fingerprint density at radius 3 is 2.93 bits per heavy atom. The lowest BCUT2D eigenvalue weighted by Gasteiger charge is -2.47. The van der Waals surface area contributed by atoms with E-state index >= 15 is 0 Å². The second-order valence-electron chi connectivity index (χ2n) is 4.24. The van der Waals surface area contributed by atoms with Crippen LogP contribution in [0.1, 0.15) is 12.8 Å². The van der Waals surface area contributed by atoms with Gasteiger partial charge < -0.3 is 4.74 Å². The molecule has 4 atom stereocenters. The van der Waals surface area contributed by atoms with Crippen molar-refractivity contribution in [2.45, 2.75) is 23.2 Å². The molecule has 3 aliphatic rings. The molecule has 0 aromatic carbocycles. The zero-order valence-electron chi connectivity index (χ0n) is 8.57. The van der Waals surface area contributed by atoms with Gasteiger partial charge in [-0.15, -0.1) is 0 Å². The van der Waals surface area contributed by atoms with E-state index in [0.29, 0.717) is 5.92 Å². The van der Waals surface area contributed by atoms with Crippen molar-refractivity contribution in [3.8, 4) is 0 Å². The van der Waals surface area contributed by atoms with Crippen LogP contribution < -0.4 is 11.3 Å². The first kappa shape index (κ1) is 11.1. The number of ether oxygens (including phenoxy) is 1. The summed E-state index contributed by atoms with van der Waals surface area (Å²) in [6, 6.07) is 0.146. The number of halogens is 1. The summed E-state index contributed by atoms with van der Waals surface area (Å²) in [5.41, 5.74) is 2.78. The van der Waals surface area contributed by atoms with E-state index in [-0.39, 0.29) is 17.9 Å². The number of nitrogens with one attached hydrogen (secondary N) is 1. The molecule has 3 N–H and O–H groups in total. The van der Waals surface area contributed by atoms with Gasteiger partial charge in [-0.05, 0) is 18.8 Å². The summed E-state index contributed by atoms with van der Waals surface area (Å²) in [5, 5.41) is 0. The average Bonchev–Trinajstić information content (AvgIpc) is 2.28. The molecule has 84 valence electrons. The molecule has 0 aromatic rings. The lowest BCUT2D eigenvalue weighted by Crippen LogP contribution is -2.58. The fourth-order valence-corrected chi connectivity index (χ4v) is 3.71. The third-order valence-electron chi connectivity index (χ3n) is 3.41. The van der Waals surface area contributed by atoms with Gasteiger partial charge in [-0.2, -0.15) is 0 Å². The smallest absolute Gasteiger partial charge is 0.323 e. The molecule has 0 amide bonds. The topological polar surface area (TPSA) is 64.3 Å². The molecule has 3 rings (SSSR count). The van der Waals surface area contributed by atoms with Crippen LogP contribution in [0, 0.1) is 11.8 Å². The third kappa shape index (κ3) is 1.62. The molecule has 1 fully saturated rings. The number of rotatable bonds is 2. The van der Waals surface area contributed by atoms with E-state index in [0.717, 1.165) is 12.8 Å². The Hall–Kier alpha value is -0.390. The van der Waals surface area contributed by atoms with Gasteiger partial charge in [0.15, 0.2) is 0 Å². The summed E-state index contributed by atoms with van der Waals surface area (Å²) in [4.78, 5) is 11.8. The van der Waals surface area contributed by atoms with E-state index in [4.69, 9.17) is 10.6 Å². The monoisotopic (exact) mass is 274 g/mol. The summed E-state index contributed by atoms with van der Waals surface area (Å²) in [7, 11) is 1.42. The van der Waals surface area contributed by atoms with Crippen molar-refractivity contribution in [1.29, 1.82) is 0 Å². The molecule has 0 aliphatic heterocycles. The van der Waals surface area contributed by atoms with Crippen LogP contribution >= 0.6 is 15.9 Å². The van der Waals surface area contributed by atoms with E-state index in [1.165, 1.54) is 7.11 Å². The summed E-state index contributed by atoms with van der Waals surface area (Å²) in [5.74, 6) is 5.76. The number of carbonyl (C=O) groups excluding carboxylic acids is 1. The number of hydrazine groups is 1. The number of hydrogen-bond acceptors (Lipinski definition) is 4. The Morgan fingerprint density at radius 2 is 2.40 bits per heavy atom. The molecule has 3 aliphatic carbocycles. The Kier molecular flexibility index (Phi) is 2.87. The van der Waals surface area contributed by atoms with Crippen molar-refractivity contribution in [2.24, 2.45) is 17.7 Å². The summed E-state index contributed by atoms with van der Waals surface area (Å²) >= 11 is 3.54. The van der Waals surface area contributed by atoms with Gasteiger partial charge in [0.2, 0.25) is 0 Å². The lowest BCUT2D eigenvalue weighted by atomic mass is 9.66. The van der Waals surface area contributed by atoms with E-state index < -0.39 is 4.32 Å². The molecule has 4 unspecified atom stereocenters. The molecule has 15 heavy (non-hydrogen) atoms. The second kappa shape index (κ2) is 3.88. The van der Waals surface area contributed by atoms with Gasteiger partial charge in [0, 0.05) is 12.0 Å². The molecular formula is C10H15BrN2O2. The van der Waals surface area contributed by atoms with Crippen LogP contribution in [0.3, 0.4) is 0 Å². The van der Waals surface area contributed by atoms with Crippen LogP contribution in [-0.2, 0) is 9.53 Å². The summed E-state index contributed by atoms with van der Waals surface area (Å²) < 4.78 is 4.25. The van der Waals surface area contributed by atoms with Crippen LogP contribution in [0.4, 0.5) is 0 Å². The van der Waals surface area contributed by atoms with Crippen molar-refractivity contribution >= 4 is 21.9 Å². The van der Waals surface area contributed by atoms with Crippen molar-refractivity contribution < 1.29 is 9.53 Å². The SMILES string of the molecule is COC(=O)C1(Br)CC2C=CC1C(NN)C2. The predicted octanol–water partition coefficient (Wildman–Crippen LogP) is 0.721. The van der Waals surface area contributed by atoms with Crippen LogP contribution in [0.2, 0.25) is 0 Å².